The predicted octanol–water partition coefficient (Wildman–Crippen LogP) is 1.15. The van der Waals surface area contributed by atoms with E-state index >= 15 is 0 Å². The molecule has 25 heavy (non-hydrogen) atoms. The third-order valence-corrected chi connectivity index (χ3v) is 5.71. The van der Waals surface area contributed by atoms with Gasteiger partial charge in [0.25, 0.3) is 0 Å². The summed E-state index contributed by atoms with van der Waals surface area (Å²) in [6.45, 7) is 3.40. The van der Waals surface area contributed by atoms with Crippen molar-refractivity contribution in [2.45, 2.75) is 30.4 Å². The van der Waals surface area contributed by atoms with Gasteiger partial charge in [0.15, 0.2) is 5.96 Å². The third kappa shape index (κ3) is 5.53. The van der Waals surface area contributed by atoms with Gasteiger partial charge in [-0.1, -0.05) is 12.1 Å². The van der Waals surface area contributed by atoms with E-state index in [9.17, 15) is 8.42 Å². The molecule has 2 N–H and O–H groups in total. The van der Waals surface area contributed by atoms with Crippen LogP contribution in [0.1, 0.15) is 18.4 Å². The van der Waals surface area contributed by atoms with E-state index in [2.05, 4.69) is 19.9 Å². The quantitative estimate of drug-likeness (QED) is 0.598. The summed E-state index contributed by atoms with van der Waals surface area (Å²) in [6, 6.07) is 6.91. The Labute approximate surface area is 166 Å². The molecular weight excluding hydrogens is 455 g/mol. The summed E-state index contributed by atoms with van der Waals surface area (Å²) < 4.78 is 32.7. The summed E-state index contributed by atoms with van der Waals surface area (Å²) in [6.07, 6.45) is 1.90. The minimum Gasteiger partial charge on any atom is -0.377 e. The van der Waals surface area contributed by atoms with Gasteiger partial charge in [-0.3, -0.25) is 4.99 Å². The molecule has 0 aromatic heterocycles. The fourth-order valence-electron chi connectivity index (χ4n) is 2.78. The summed E-state index contributed by atoms with van der Waals surface area (Å²) in [5.41, 5.74) is 1.01. The molecule has 1 aromatic rings. The fraction of sp³-hybridized carbons (Fsp3) is 0.562. The number of rotatable bonds is 6. The molecule has 2 heterocycles. The number of aliphatic imine (C=N–C) groups is 1. The van der Waals surface area contributed by atoms with Crippen molar-refractivity contribution in [2.24, 2.45) is 4.99 Å². The first-order chi connectivity index (χ1) is 11.5. The van der Waals surface area contributed by atoms with E-state index in [1.165, 1.54) is 0 Å². The maximum atomic E-state index is 12.3. The van der Waals surface area contributed by atoms with Crippen molar-refractivity contribution >= 4 is 40.0 Å². The van der Waals surface area contributed by atoms with Crippen molar-refractivity contribution in [3.05, 3.63) is 29.8 Å². The van der Waals surface area contributed by atoms with Gasteiger partial charge in [-0.25, -0.2) is 13.1 Å². The number of guanidine groups is 1. The second-order valence-corrected chi connectivity index (χ2v) is 7.88. The van der Waals surface area contributed by atoms with Gasteiger partial charge in [-0.15, -0.1) is 24.0 Å². The Morgan fingerprint density at radius 3 is 2.68 bits per heavy atom. The van der Waals surface area contributed by atoms with Gasteiger partial charge in [0, 0.05) is 33.3 Å². The summed E-state index contributed by atoms with van der Waals surface area (Å²) in [7, 11) is -1.49. The zero-order valence-corrected chi connectivity index (χ0v) is 17.4. The van der Waals surface area contributed by atoms with E-state index in [-0.39, 0.29) is 35.0 Å². The second-order valence-electron chi connectivity index (χ2n) is 6.11. The van der Waals surface area contributed by atoms with Crippen LogP contribution in [0.15, 0.2) is 34.2 Å². The SMILES string of the molecule is CN1CCN=C1NCc1ccc(S(=O)(=O)NCC2CCCO2)cc1.I. The van der Waals surface area contributed by atoms with Crippen LogP contribution in [0.4, 0.5) is 0 Å². The topological polar surface area (TPSA) is 83.0 Å². The van der Waals surface area contributed by atoms with Crippen LogP contribution in [0.25, 0.3) is 0 Å². The molecule has 3 rings (SSSR count). The molecule has 2 aliphatic heterocycles. The number of halogens is 1. The number of hydrogen-bond acceptors (Lipinski definition) is 6. The monoisotopic (exact) mass is 480 g/mol. The van der Waals surface area contributed by atoms with Crippen LogP contribution in [0.3, 0.4) is 0 Å². The van der Waals surface area contributed by atoms with Gasteiger partial charge < -0.3 is 15.0 Å². The standard InChI is InChI=1S/C16H24N4O3S.HI/c1-20-9-8-17-16(20)18-11-13-4-6-15(7-5-13)24(21,22)19-12-14-3-2-10-23-14;/h4-7,14,19H,2-3,8-12H2,1H3,(H,17,18);1H. The maximum Gasteiger partial charge on any atom is 0.240 e. The summed E-state index contributed by atoms with van der Waals surface area (Å²) >= 11 is 0. The molecule has 2 aliphatic rings. The Morgan fingerprint density at radius 1 is 1.32 bits per heavy atom. The molecule has 1 fully saturated rings. The highest BCUT2D eigenvalue weighted by molar-refractivity contribution is 14.0. The highest BCUT2D eigenvalue weighted by Gasteiger charge is 2.20. The van der Waals surface area contributed by atoms with Crippen molar-refractivity contribution in [1.29, 1.82) is 0 Å². The van der Waals surface area contributed by atoms with Crippen molar-refractivity contribution in [3.63, 3.8) is 0 Å². The van der Waals surface area contributed by atoms with Crippen molar-refractivity contribution in [2.75, 3.05) is 33.3 Å². The van der Waals surface area contributed by atoms with Gasteiger partial charge >= 0.3 is 0 Å². The lowest BCUT2D eigenvalue weighted by atomic mass is 10.2. The van der Waals surface area contributed by atoms with Gasteiger partial charge in [0.2, 0.25) is 10.0 Å². The van der Waals surface area contributed by atoms with Crippen molar-refractivity contribution in [3.8, 4) is 0 Å². The lowest BCUT2D eigenvalue weighted by Crippen LogP contribution is -2.35. The summed E-state index contributed by atoms with van der Waals surface area (Å²) in [5, 5.41) is 3.26. The Morgan fingerprint density at radius 2 is 2.08 bits per heavy atom. The number of nitrogens with zero attached hydrogens (tertiary/aromatic N) is 2. The normalized spacial score (nSPS) is 20.3. The molecular formula is C16H25IN4O3S. The Balaban J connectivity index is 0.00000225. The van der Waals surface area contributed by atoms with E-state index in [4.69, 9.17) is 4.74 Å². The van der Waals surface area contributed by atoms with Gasteiger partial charge in [0.05, 0.1) is 17.5 Å². The van der Waals surface area contributed by atoms with E-state index in [1.54, 1.807) is 12.1 Å². The molecule has 0 spiro atoms. The first-order valence-electron chi connectivity index (χ1n) is 8.24. The molecule has 140 valence electrons. The van der Waals surface area contributed by atoms with Crippen LogP contribution in [0.2, 0.25) is 0 Å². The van der Waals surface area contributed by atoms with Crippen LogP contribution < -0.4 is 10.0 Å². The van der Waals surface area contributed by atoms with E-state index in [1.807, 2.05) is 19.2 Å². The zero-order chi connectivity index (χ0) is 17.0. The van der Waals surface area contributed by atoms with Crippen LogP contribution in [-0.2, 0) is 21.3 Å². The third-order valence-electron chi connectivity index (χ3n) is 4.27. The fourth-order valence-corrected chi connectivity index (χ4v) is 3.85. The number of ether oxygens (including phenoxy) is 1. The van der Waals surface area contributed by atoms with Crippen LogP contribution in [-0.4, -0.2) is 58.7 Å². The van der Waals surface area contributed by atoms with E-state index in [0.717, 1.165) is 37.5 Å². The number of nitrogens with one attached hydrogen (secondary N) is 2. The largest absolute Gasteiger partial charge is 0.377 e. The average Bonchev–Trinajstić information content (AvgIpc) is 3.23. The lowest BCUT2D eigenvalue weighted by Gasteiger charge is -2.15. The lowest BCUT2D eigenvalue weighted by molar-refractivity contribution is 0.114. The highest BCUT2D eigenvalue weighted by Crippen LogP contribution is 2.14. The Bertz CT molecular complexity index is 688. The number of benzene rings is 1. The zero-order valence-electron chi connectivity index (χ0n) is 14.3. The highest BCUT2D eigenvalue weighted by atomic mass is 127. The smallest absolute Gasteiger partial charge is 0.240 e. The van der Waals surface area contributed by atoms with Crippen LogP contribution >= 0.6 is 24.0 Å². The van der Waals surface area contributed by atoms with Gasteiger partial charge in [0.1, 0.15) is 0 Å². The minimum absolute atomic E-state index is 0. The molecule has 0 radical (unpaired) electrons. The maximum absolute atomic E-state index is 12.3. The molecule has 9 heteroatoms. The molecule has 1 saturated heterocycles. The molecule has 7 nitrogen and oxygen atoms in total. The van der Waals surface area contributed by atoms with Crippen LogP contribution in [0.5, 0.6) is 0 Å². The number of likely N-dealkylation sites (N-methyl/N-ethyl adjacent to an activating group) is 1. The Hall–Kier alpha value is -0.910. The first kappa shape index (κ1) is 20.4. The average molecular weight is 480 g/mol. The summed E-state index contributed by atoms with van der Waals surface area (Å²) in [5.74, 6) is 0.880. The number of hydrogen-bond donors (Lipinski definition) is 2. The minimum atomic E-state index is -3.49. The molecule has 0 amide bonds. The van der Waals surface area contributed by atoms with Gasteiger partial charge in [-0.05, 0) is 30.5 Å². The van der Waals surface area contributed by atoms with E-state index < -0.39 is 10.0 Å². The van der Waals surface area contributed by atoms with Gasteiger partial charge in [-0.2, -0.15) is 0 Å². The van der Waals surface area contributed by atoms with E-state index in [0.29, 0.717) is 19.7 Å². The molecule has 1 unspecified atom stereocenters. The van der Waals surface area contributed by atoms with Crippen molar-refractivity contribution in [1.82, 2.24) is 14.9 Å². The van der Waals surface area contributed by atoms with Crippen molar-refractivity contribution < 1.29 is 13.2 Å². The Kier molecular flexibility index (Phi) is 7.47. The predicted molar refractivity (Wildman–Crippen MR) is 108 cm³/mol. The number of sulfonamides is 1. The molecule has 1 aromatic carbocycles. The summed E-state index contributed by atoms with van der Waals surface area (Å²) in [4.78, 5) is 6.71. The molecule has 0 saturated carbocycles. The second kappa shape index (κ2) is 9.15. The molecule has 0 bridgehead atoms. The molecule has 0 aliphatic carbocycles. The first-order valence-corrected chi connectivity index (χ1v) is 9.72. The van der Waals surface area contributed by atoms with Crippen LogP contribution in [0, 0.1) is 0 Å². The molecule has 1 atom stereocenters.